The monoisotopic (exact) mass is 448 g/mol. The van der Waals surface area contributed by atoms with Gasteiger partial charge < -0.3 is 29.7 Å². The van der Waals surface area contributed by atoms with Crippen LogP contribution >= 0.6 is 0 Å². The van der Waals surface area contributed by atoms with Crippen molar-refractivity contribution >= 4 is 11.6 Å². The van der Waals surface area contributed by atoms with Gasteiger partial charge in [-0.2, -0.15) is 8.78 Å². The van der Waals surface area contributed by atoms with Gasteiger partial charge in [0.25, 0.3) is 0 Å². The maximum atomic E-state index is 12.6. The van der Waals surface area contributed by atoms with E-state index in [0.717, 1.165) is 36.5 Å². The molecule has 0 aromatic heterocycles. The van der Waals surface area contributed by atoms with Crippen LogP contribution in [0.4, 0.5) is 14.5 Å². The molecule has 32 heavy (non-hydrogen) atoms. The van der Waals surface area contributed by atoms with Gasteiger partial charge in [-0.05, 0) is 43.2 Å². The first kappa shape index (κ1) is 23.4. The molecule has 1 saturated heterocycles. The molecule has 2 aromatic carbocycles. The molecule has 3 rings (SSSR count). The van der Waals surface area contributed by atoms with Gasteiger partial charge in [-0.3, -0.25) is 4.99 Å². The molecule has 0 amide bonds. The molecule has 2 N–H and O–H groups in total. The van der Waals surface area contributed by atoms with Crippen molar-refractivity contribution in [3.8, 4) is 17.2 Å². The number of nitrogens with one attached hydrogen (secondary N) is 2. The summed E-state index contributed by atoms with van der Waals surface area (Å²) < 4.78 is 40.6. The molecule has 0 aliphatic carbocycles. The molecular weight excluding hydrogens is 418 g/mol. The summed E-state index contributed by atoms with van der Waals surface area (Å²) in [5.41, 5.74) is 1.94. The van der Waals surface area contributed by atoms with Crippen molar-refractivity contribution < 1.29 is 23.0 Å². The predicted octanol–water partition coefficient (Wildman–Crippen LogP) is 3.64. The lowest BCUT2D eigenvalue weighted by molar-refractivity contribution is -0.0514. The molecule has 1 unspecified atom stereocenters. The summed E-state index contributed by atoms with van der Waals surface area (Å²) in [5.74, 6) is 1.84. The Bertz CT molecular complexity index is 911. The first-order valence-electron chi connectivity index (χ1n) is 10.6. The number of hydrogen-bond donors (Lipinski definition) is 2. The number of benzene rings is 2. The van der Waals surface area contributed by atoms with Crippen LogP contribution in [0.5, 0.6) is 17.2 Å². The topological polar surface area (TPSA) is 67.4 Å². The summed E-state index contributed by atoms with van der Waals surface area (Å²) in [7, 11) is 3.40. The smallest absolute Gasteiger partial charge is 0.387 e. The van der Waals surface area contributed by atoms with Gasteiger partial charge in [0, 0.05) is 32.7 Å². The largest absolute Gasteiger partial charge is 0.495 e. The van der Waals surface area contributed by atoms with Crippen LogP contribution in [0.3, 0.4) is 0 Å². The zero-order valence-corrected chi connectivity index (χ0v) is 18.6. The summed E-state index contributed by atoms with van der Waals surface area (Å²) in [4.78, 5) is 6.60. The van der Waals surface area contributed by atoms with Crippen LogP contribution in [0.25, 0.3) is 0 Å². The van der Waals surface area contributed by atoms with E-state index in [9.17, 15) is 8.78 Å². The Kier molecular flexibility index (Phi) is 8.35. The molecule has 1 aliphatic heterocycles. The first-order valence-corrected chi connectivity index (χ1v) is 10.6. The van der Waals surface area contributed by atoms with Crippen LogP contribution in [-0.4, -0.2) is 52.5 Å². The summed E-state index contributed by atoms with van der Waals surface area (Å²) >= 11 is 0. The summed E-state index contributed by atoms with van der Waals surface area (Å²) in [6, 6.07) is 13.1. The minimum atomic E-state index is -2.90. The van der Waals surface area contributed by atoms with E-state index in [4.69, 9.17) is 9.47 Å². The SMILES string of the molecule is CCOc1cc(CNC(=NC)NC2CCN(c3ccccc3OC)C2)ccc1OC(F)F. The molecule has 7 nitrogen and oxygen atoms in total. The molecule has 1 aliphatic rings. The number of aliphatic imine (C=N–C) groups is 1. The highest BCUT2D eigenvalue weighted by atomic mass is 19.3. The van der Waals surface area contributed by atoms with E-state index in [1.54, 1.807) is 33.2 Å². The highest BCUT2D eigenvalue weighted by Gasteiger charge is 2.25. The number of para-hydroxylation sites is 2. The van der Waals surface area contributed by atoms with E-state index >= 15 is 0 Å². The number of halogens is 2. The second-order valence-corrected chi connectivity index (χ2v) is 7.27. The van der Waals surface area contributed by atoms with Crippen LogP contribution in [-0.2, 0) is 6.54 Å². The number of rotatable bonds is 9. The van der Waals surface area contributed by atoms with Gasteiger partial charge in [-0.25, -0.2) is 0 Å². The van der Waals surface area contributed by atoms with E-state index in [0.29, 0.717) is 24.9 Å². The molecule has 1 fully saturated rings. The third kappa shape index (κ3) is 6.15. The average molecular weight is 449 g/mol. The fourth-order valence-electron chi connectivity index (χ4n) is 3.69. The molecule has 1 heterocycles. The van der Waals surface area contributed by atoms with Gasteiger partial charge in [-0.15, -0.1) is 0 Å². The molecule has 1 atom stereocenters. The second-order valence-electron chi connectivity index (χ2n) is 7.27. The Balaban J connectivity index is 1.57. The molecule has 9 heteroatoms. The van der Waals surface area contributed by atoms with Crippen LogP contribution < -0.4 is 29.7 Å². The first-order chi connectivity index (χ1) is 15.5. The van der Waals surface area contributed by atoms with E-state index in [1.165, 1.54) is 6.07 Å². The maximum absolute atomic E-state index is 12.6. The third-order valence-corrected chi connectivity index (χ3v) is 5.16. The lowest BCUT2D eigenvalue weighted by Gasteiger charge is -2.22. The van der Waals surface area contributed by atoms with Crippen molar-refractivity contribution in [3.05, 3.63) is 48.0 Å². The Labute approximate surface area is 187 Å². The van der Waals surface area contributed by atoms with Gasteiger partial charge in [0.05, 0.1) is 19.4 Å². The molecule has 0 spiro atoms. The van der Waals surface area contributed by atoms with E-state index in [1.807, 2.05) is 18.2 Å². The number of guanidine groups is 1. The van der Waals surface area contributed by atoms with E-state index in [2.05, 4.69) is 31.3 Å². The zero-order valence-electron chi connectivity index (χ0n) is 18.6. The fourth-order valence-corrected chi connectivity index (χ4v) is 3.69. The Morgan fingerprint density at radius 2 is 2.00 bits per heavy atom. The van der Waals surface area contributed by atoms with E-state index < -0.39 is 6.61 Å². The minimum absolute atomic E-state index is 0.0236. The molecule has 174 valence electrons. The normalized spacial score (nSPS) is 16.2. The molecule has 0 radical (unpaired) electrons. The van der Waals surface area contributed by atoms with Gasteiger partial charge in [0.1, 0.15) is 5.75 Å². The summed E-state index contributed by atoms with van der Waals surface area (Å²) in [5, 5.41) is 6.72. The number of ether oxygens (including phenoxy) is 3. The number of methoxy groups -OCH3 is 1. The Hall–Kier alpha value is -3.23. The second kappa shape index (κ2) is 11.4. The van der Waals surface area contributed by atoms with Crippen LogP contribution in [0.15, 0.2) is 47.5 Å². The van der Waals surface area contributed by atoms with Crippen molar-refractivity contribution in [2.75, 3.05) is 38.8 Å². The van der Waals surface area contributed by atoms with Crippen molar-refractivity contribution in [3.63, 3.8) is 0 Å². The Morgan fingerprint density at radius 3 is 2.72 bits per heavy atom. The summed E-state index contributed by atoms with van der Waals surface area (Å²) in [6.45, 7) is 1.44. The van der Waals surface area contributed by atoms with Gasteiger partial charge in [0.15, 0.2) is 17.5 Å². The lowest BCUT2D eigenvalue weighted by Crippen LogP contribution is -2.44. The van der Waals surface area contributed by atoms with Crippen LogP contribution in [0.2, 0.25) is 0 Å². The van der Waals surface area contributed by atoms with Crippen LogP contribution in [0, 0.1) is 0 Å². The quantitative estimate of drug-likeness (QED) is 0.451. The van der Waals surface area contributed by atoms with E-state index in [-0.39, 0.29) is 11.8 Å². The van der Waals surface area contributed by atoms with Crippen molar-refractivity contribution in [2.45, 2.75) is 32.5 Å². The van der Waals surface area contributed by atoms with Crippen molar-refractivity contribution in [2.24, 2.45) is 4.99 Å². The van der Waals surface area contributed by atoms with Gasteiger partial charge in [0.2, 0.25) is 0 Å². The molecule has 0 saturated carbocycles. The number of hydrogen-bond acceptors (Lipinski definition) is 5. The molecular formula is C23H30F2N4O3. The maximum Gasteiger partial charge on any atom is 0.387 e. The number of anilines is 1. The highest BCUT2D eigenvalue weighted by molar-refractivity contribution is 5.80. The average Bonchev–Trinajstić information content (AvgIpc) is 3.26. The zero-order chi connectivity index (χ0) is 22.9. The number of nitrogens with zero attached hydrogens (tertiary/aromatic N) is 2. The fraction of sp³-hybridized carbons (Fsp3) is 0.435. The van der Waals surface area contributed by atoms with Gasteiger partial charge in [-0.1, -0.05) is 18.2 Å². The standard InChI is InChI=1S/C23H30F2N4O3/c1-4-31-21-13-16(9-10-20(21)32-22(24)25)14-27-23(26-2)28-17-11-12-29(15-17)18-7-5-6-8-19(18)30-3/h5-10,13,17,22H,4,11-12,14-15H2,1-3H3,(H2,26,27,28). The third-order valence-electron chi connectivity index (χ3n) is 5.16. The minimum Gasteiger partial charge on any atom is -0.495 e. The predicted molar refractivity (Wildman–Crippen MR) is 121 cm³/mol. The van der Waals surface area contributed by atoms with Crippen LogP contribution in [0.1, 0.15) is 18.9 Å². The Morgan fingerprint density at radius 1 is 1.19 bits per heavy atom. The summed E-state index contributed by atoms with van der Waals surface area (Å²) in [6.07, 6.45) is 0.965. The molecule has 2 aromatic rings. The lowest BCUT2D eigenvalue weighted by atomic mass is 10.2. The van der Waals surface area contributed by atoms with Gasteiger partial charge >= 0.3 is 6.61 Å². The van der Waals surface area contributed by atoms with Crippen molar-refractivity contribution in [1.29, 1.82) is 0 Å². The van der Waals surface area contributed by atoms with Crippen molar-refractivity contribution in [1.82, 2.24) is 10.6 Å². The number of alkyl halides is 2. The highest BCUT2D eigenvalue weighted by Crippen LogP contribution is 2.31. The molecule has 0 bridgehead atoms.